The van der Waals surface area contributed by atoms with E-state index < -0.39 is 24.4 Å². The zero-order chi connectivity index (χ0) is 12.1. The van der Waals surface area contributed by atoms with E-state index in [9.17, 15) is 9.18 Å². The summed E-state index contributed by atoms with van der Waals surface area (Å²) in [6, 6.07) is 0.161. The van der Waals surface area contributed by atoms with E-state index in [0.717, 1.165) is 0 Å². The molecule has 0 aliphatic carbocycles. The quantitative estimate of drug-likeness (QED) is 0.808. The van der Waals surface area contributed by atoms with Gasteiger partial charge in [-0.1, -0.05) is 0 Å². The van der Waals surface area contributed by atoms with Crippen LogP contribution in [0.3, 0.4) is 0 Å². The fourth-order valence-electron chi connectivity index (χ4n) is 1.01. The number of ether oxygens (including phenoxy) is 1. The number of nitrogens with one attached hydrogen (secondary N) is 1. The monoisotopic (exact) mass is 292 g/mol. The van der Waals surface area contributed by atoms with Crippen molar-refractivity contribution in [3.05, 3.63) is 22.6 Å². The molecule has 2 N–H and O–H groups in total. The lowest BCUT2D eigenvalue weighted by Crippen LogP contribution is -2.34. The lowest BCUT2D eigenvalue weighted by Gasteiger charge is -2.14. The van der Waals surface area contributed by atoms with E-state index in [4.69, 9.17) is 5.11 Å². The maximum absolute atomic E-state index is 13.3. The number of esters is 1. The number of rotatable bonds is 4. The average molecular weight is 293 g/mol. The van der Waals surface area contributed by atoms with E-state index in [1.807, 2.05) is 0 Å². The Morgan fingerprint density at radius 1 is 1.81 bits per heavy atom. The number of anilines is 1. The summed E-state index contributed by atoms with van der Waals surface area (Å²) in [5, 5.41) is 11.4. The van der Waals surface area contributed by atoms with Crippen LogP contribution in [-0.2, 0) is 9.53 Å². The van der Waals surface area contributed by atoms with E-state index in [1.54, 1.807) is 0 Å². The molecule has 1 aromatic heterocycles. The molecule has 1 unspecified atom stereocenters. The molecule has 88 valence electrons. The highest BCUT2D eigenvalue weighted by atomic mass is 79.9. The molecule has 7 heteroatoms. The highest BCUT2D eigenvalue weighted by molar-refractivity contribution is 9.10. The summed E-state index contributed by atoms with van der Waals surface area (Å²) in [6.07, 6.45) is 1.37. The third kappa shape index (κ3) is 3.14. The predicted molar refractivity (Wildman–Crippen MR) is 58.4 cm³/mol. The van der Waals surface area contributed by atoms with Gasteiger partial charge in [0.15, 0.2) is 11.6 Å². The van der Waals surface area contributed by atoms with Crippen molar-refractivity contribution in [2.75, 3.05) is 19.0 Å². The molecule has 0 aliphatic heterocycles. The van der Waals surface area contributed by atoms with Crippen LogP contribution in [0, 0.1) is 5.82 Å². The van der Waals surface area contributed by atoms with Crippen molar-refractivity contribution < 1.29 is 19.0 Å². The van der Waals surface area contributed by atoms with Gasteiger partial charge in [0, 0.05) is 10.7 Å². The SMILES string of the molecule is COC(=O)C(CO)Nc1ncc(Br)cc1F. The zero-order valence-electron chi connectivity index (χ0n) is 8.41. The fourth-order valence-corrected chi connectivity index (χ4v) is 1.31. The second-order valence-corrected chi connectivity index (χ2v) is 3.80. The molecular weight excluding hydrogens is 283 g/mol. The van der Waals surface area contributed by atoms with Crippen LogP contribution in [0.5, 0.6) is 0 Å². The Morgan fingerprint density at radius 3 is 3.00 bits per heavy atom. The van der Waals surface area contributed by atoms with Crippen LogP contribution >= 0.6 is 15.9 Å². The van der Waals surface area contributed by atoms with Crippen LogP contribution in [-0.4, -0.2) is 35.8 Å². The first-order chi connectivity index (χ1) is 7.58. The normalized spacial score (nSPS) is 12.0. The Bertz CT molecular complexity index is 389. The van der Waals surface area contributed by atoms with Gasteiger partial charge in [-0.05, 0) is 22.0 Å². The van der Waals surface area contributed by atoms with Crippen molar-refractivity contribution in [1.29, 1.82) is 0 Å². The minimum absolute atomic E-state index is 0.118. The number of methoxy groups -OCH3 is 1. The highest BCUT2D eigenvalue weighted by Crippen LogP contribution is 2.16. The number of pyridine rings is 1. The first-order valence-electron chi connectivity index (χ1n) is 4.34. The number of nitrogens with zero attached hydrogens (tertiary/aromatic N) is 1. The second kappa shape index (κ2) is 5.76. The Labute approximate surface area is 99.8 Å². The van der Waals surface area contributed by atoms with Crippen molar-refractivity contribution in [3.63, 3.8) is 0 Å². The minimum Gasteiger partial charge on any atom is -0.467 e. The van der Waals surface area contributed by atoms with E-state index in [2.05, 4.69) is 31.0 Å². The Balaban J connectivity index is 2.82. The average Bonchev–Trinajstić information content (AvgIpc) is 2.27. The molecule has 1 rings (SSSR count). The van der Waals surface area contributed by atoms with Crippen molar-refractivity contribution in [3.8, 4) is 0 Å². The first kappa shape index (κ1) is 12.9. The molecule has 0 saturated carbocycles. The van der Waals surface area contributed by atoms with Crippen LogP contribution in [0.4, 0.5) is 10.2 Å². The maximum atomic E-state index is 13.3. The zero-order valence-corrected chi connectivity index (χ0v) is 9.99. The molecule has 0 saturated heterocycles. The third-order valence-electron chi connectivity index (χ3n) is 1.79. The summed E-state index contributed by atoms with van der Waals surface area (Å²) in [5.74, 6) is -1.43. The van der Waals surface area contributed by atoms with Gasteiger partial charge in [0.25, 0.3) is 0 Å². The molecule has 0 aromatic carbocycles. The van der Waals surface area contributed by atoms with Gasteiger partial charge in [-0.2, -0.15) is 0 Å². The molecule has 1 atom stereocenters. The number of aromatic nitrogens is 1. The van der Waals surface area contributed by atoms with E-state index in [0.29, 0.717) is 4.47 Å². The van der Waals surface area contributed by atoms with E-state index in [1.165, 1.54) is 19.4 Å². The number of carbonyl (C=O) groups excluding carboxylic acids is 1. The van der Waals surface area contributed by atoms with Crippen LogP contribution in [0.25, 0.3) is 0 Å². The number of halogens is 2. The van der Waals surface area contributed by atoms with Gasteiger partial charge in [0.2, 0.25) is 0 Å². The van der Waals surface area contributed by atoms with Crippen LogP contribution < -0.4 is 5.32 Å². The van der Waals surface area contributed by atoms with Gasteiger partial charge in [-0.15, -0.1) is 0 Å². The molecule has 0 amide bonds. The van der Waals surface area contributed by atoms with Gasteiger partial charge in [0.1, 0.15) is 6.04 Å². The van der Waals surface area contributed by atoms with E-state index >= 15 is 0 Å². The summed E-state index contributed by atoms with van der Waals surface area (Å²) in [5.41, 5.74) is 0. The second-order valence-electron chi connectivity index (χ2n) is 2.89. The molecule has 5 nitrogen and oxygen atoms in total. The molecule has 0 spiro atoms. The van der Waals surface area contributed by atoms with Crippen molar-refractivity contribution in [2.24, 2.45) is 0 Å². The summed E-state index contributed by atoms with van der Waals surface area (Å²) < 4.78 is 18.2. The Hall–Kier alpha value is -1.21. The maximum Gasteiger partial charge on any atom is 0.330 e. The van der Waals surface area contributed by atoms with Gasteiger partial charge in [0.05, 0.1) is 13.7 Å². The van der Waals surface area contributed by atoms with Crippen LogP contribution in [0.15, 0.2) is 16.7 Å². The van der Waals surface area contributed by atoms with Gasteiger partial charge < -0.3 is 15.2 Å². The highest BCUT2D eigenvalue weighted by Gasteiger charge is 2.19. The molecule has 0 aliphatic rings. The van der Waals surface area contributed by atoms with Gasteiger partial charge >= 0.3 is 5.97 Å². The smallest absolute Gasteiger partial charge is 0.330 e. The molecule has 1 heterocycles. The lowest BCUT2D eigenvalue weighted by molar-refractivity contribution is -0.142. The molecule has 0 radical (unpaired) electrons. The summed E-state index contributed by atoms with van der Waals surface area (Å²) >= 11 is 3.05. The topological polar surface area (TPSA) is 71.5 Å². The van der Waals surface area contributed by atoms with Crippen LogP contribution in [0.1, 0.15) is 0 Å². The Morgan fingerprint density at radius 2 is 2.50 bits per heavy atom. The molecule has 1 aromatic rings. The summed E-state index contributed by atoms with van der Waals surface area (Å²) in [7, 11) is 1.18. The molecule has 0 bridgehead atoms. The Kier molecular flexibility index (Phi) is 4.63. The number of aliphatic hydroxyl groups excluding tert-OH is 1. The fraction of sp³-hybridized carbons (Fsp3) is 0.333. The predicted octanol–water partition coefficient (Wildman–Crippen LogP) is 0.929. The number of aliphatic hydroxyl groups is 1. The van der Waals surface area contributed by atoms with Crippen LogP contribution in [0.2, 0.25) is 0 Å². The molecule has 0 fully saturated rings. The van der Waals surface area contributed by atoms with E-state index in [-0.39, 0.29) is 5.82 Å². The summed E-state index contributed by atoms with van der Waals surface area (Å²) in [4.78, 5) is 14.9. The van der Waals surface area contributed by atoms with Crippen molar-refractivity contribution in [1.82, 2.24) is 4.98 Å². The first-order valence-corrected chi connectivity index (χ1v) is 5.14. The number of carbonyl (C=O) groups is 1. The number of hydrogen-bond acceptors (Lipinski definition) is 5. The minimum atomic E-state index is -1.03. The summed E-state index contributed by atoms with van der Waals surface area (Å²) in [6.45, 7) is -0.510. The number of hydrogen-bond donors (Lipinski definition) is 2. The largest absolute Gasteiger partial charge is 0.467 e. The van der Waals surface area contributed by atoms with Crippen molar-refractivity contribution >= 4 is 27.7 Å². The lowest BCUT2D eigenvalue weighted by atomic mass is 10.3. The van der Waals surface area contributed by atoms with Gasteiger partial charge in [-0.3, -0.25) is 0 Å². The third-order valence-corrected chi connectivity index (χ3v) is 2.22. The standard InChI is InChI=1S/C9H10BrFN2O3/c1-16-9(15)7(4-14)13-8-6(11)2-5(10)3-12-8/h2-3,7,14H,4H2,1H3,(H,12,13). The van der Waals surface area contributed by atoms with Crippen molar-refractivity contribution in [2.45, 2.75) is 6.04 Å². The van der Waals surface area contributed by atoms with Gasteiger partial charge in [-0.25, -0.2) is 14.2 Å². The molecular formula is C9H10BrFN2O3. The molecule has 16 heavy (non-hydrogen) atoms.